The van der Waals surface area contributed by atoms with Crippen LogP contribution in [0.4, 0.5) is 0 Å². The van der Waals surface area contributed by atoms with E-state index in [0.717, 1.165) is 39.0 Å². The molecule has 2 heterocycles. The van der Waals surface area contributed by atoms with Crippen molar-refractivity contribution >= 4 is 5.91 Å². The van der Waals surface area contributed by atoms with Gasteiger partial charge in [-0.05, 0) is 31.7 Å². The Hall–Kier alpha value is -0.610. The van der Waals surface area contributed by atoms with Crippen molar-refractivity contribution in [2.75, 3.05) is 26.3 Å². The molecule has 2 saturated heterocycles. The van der Waals surface area contributed by atoms with Crippen LogP contribution in [0.5, 0.6) is 0 Å². The van der Waals surface area contributed by atoms with Crippen molar-refractivity contribution in [2.45, 2.75) is 39.2 Å². The van der Waals surface area contributed by atoms with Gasteiger partial charge in [0.05, 0.1) is 18.1 Å². The maximum atomic E-state index is 12.5. The first kappa shape index (κ1) is 12.8. The number of hydrogen-bond acceptors (Lipinski definition) is 3. The number of ether oxygens (including phenoxy) is 1. The van der Waals surface area contributed by atoms with E-state index in [9.17, 15) is 4.79 Å². The fourth-order valence-corrected chi connectivity index (χ4v) is 2.84. The lowest BCUT2D eigenvalue weighted by Crippen LogP contribution is -2.51. The van der Waals surface area contributed by atoms with Crippen molar-refractivity contribution < 1.29 is 9.53 Å². The molecule has 0 bridgehead atoms. The van der Waals surface area contributed by atoms with Crippen LogP contribution in [0.2, 0.25) is 0 Å². The van der Waals surface area contributed by atoms with Crippen LogP contribution in [0, 0.1) is 11.3 Å². The van der Waals surface area contributed by atoms with Gasteiger partial charge >= 0.3 is 0 Å². The van der Waals surface area contributed by atoms with Crippen LogP contribution in [0.25, 0.3) is 0 Å². The lowest BCUT2D eigenvalue weighted by molar-refractivity contribution is -0.134. The maximum absolute atomic E-state index is 12.5. The lowest BCUT2D eigenvalue weighted by Gasteiger charge is -2.34. The van der Waals surface area contributed by atoms with Gasteiger partial charge < -0.3 is 15.4 Å². The molecule has 0 radical (unpaired) electrons. The third-order valence-corrected chi connectivity index (χ3v) is 4.24. The molecule has 0 aromatic rings. The normalized spacial score (nSPS) is 33.9. The summed E-state index contributed by atoms with van der Waals surface area (Å²) in [4.78, 5) is 12.5. The van der Waals surface area contributed by atoms with Gasteiger partial charge in [-0.3, -0.25) is 4.79 Å². The Morgan fingerprint density at radius 1 is 1.53 bits per heavy atom. The number of rotatable bonds is 3. The van der Waals surface area contributed by atoms with Crippen molar-refractivity contribution in [2.24, 2.45) is 11.3 Å². The molecule has 2 atom stereocenters. The van der Waals surface area contributed by atoms with Gasteiger partial charge in [-0.15, -0.1) is 0 Å². The molecule has 2 unspecified atom stereocenters. The van der Waals surface area contributed by atoms with Gasteiger partial charge in [-0.2, -0.15) is 0 Å². The van der Waals surface area contributed by atoms with Gasteiger partial charge in [0.25, 0.3) is 0 Å². The van der Waals surface area contributed by atoms with E-state index in [1.165, 1.54) is 0 Å². The quantitative estimate of drug-likeness (QED) is 0.771. The van der Waals surface area contributed by atoms with Crippen molar-refractivity contribution in [3.05, 3.63) is 0 Å². The van der Waals surface area contributed by atoms with Crippen molar-refractivity contribution in [3.8, 4) is 0 Å². The predicted octanol–water partition coefficient (Wildman–Crippen LogP) is 0.917. The van der Waals surface area contributed by atoms with E-state index in [0.29, 0.717) is 12.5 Å². The van der Waals surface area contributed by atoms with Crippen LogP contribution >= 0.6 is 0 Å². The zero-order valence-electron chi connectivity index (χ0n) is 10.9. The summed E-state index contributed by atoms with van der Waals surface area (Å²) in [6, 6.07) is 0.215. The zero-order chi connectivity index (χ0) is 12.3. The van der Waals surface area contributed by atoms with E-state index in [1.807, 2.05) is 0 Å². The second-order valence-electron chi connectivity index (χ2n) is 5.63. The third-order valence-electron chi connectivity index (χ3n) is 4.24. The summed E-state index contributed by atoms with van der Waals surface area (Å²) in [6.45, 7) is 7.56. The van der Waals surface area contributed by atoms with E-state index < -0.39 is 0 Å². The minimum Gasteiger partial charge on any atom is -0.379 e. The summed E-state index contributed by atoms with van der Waals surface area (Å²) in [5.74, 6) is 0.593. The van der Waals surface area contributed by atoms with Crippen molar-refractivity contribution in [1.82, 2.24) is 10.6 Å². The summed E-state index contributed by atoms with van der Waals surface area (Å²) in [5.41, 5.74) is -0.211. The SMILES string of the molecule is CC(C)C1(C(=O)NC2CCCOC2)CCNC1. The van der Waals surface area contributed by atoms with Gasteiger partial charge in [-0.25, -0.2) is 0 Å². The molecule has 0 aromatic carbocycles. The standard InChI is InChI=1S/C13H24N2O2/c1-10(2)13(5-6-14-9-13)12(16)15-11-4-3-7-17-8-11/h10-11,14H,3-9H2,1-2H3,(H,15,16). The highest BCUT2D eigenvalue weighted by Gasteiger charge is 2.44. The van der Waals surface area contributed by atoms with Gasteiger partial charge in [0, 0.05) is 13.2 Å². The Balaban J connectivity index is 1.96. The minimum absolute atomic E-state index is 0.211. The van der Waals surface area contributed by atoms with Crippen LogP contribution < -0.4 is 10.6 Å². The molecular weight excluding hydrogens is 216 g/mol. The zero-order valence-corrected chi connectivity index (χ0v) is 10.9. The summed E-state index contributed by atoms with van der Waals surface area (Å²) in [6.07, 6.45) is 3.05. The molecule has 2 N–H and O–H groups in total. The first-order chi connectivity index (χ1) is 8.15. The maximum Gasteiger partial charge on any atom is 0.228 e. The second kappa shape index (κ2) is 5.36. The summed E-state index contributed by atoms with van der Waals surface area (Å²) >= 11 is 0. The highest BCUT2D eigenvalue weighted by Crippen LogP contribution is 2.34. The Bertz CT molecular complexity index is 267. The van der Waals surface area contributed by atoms with Crippen LogP contribution in [0.15, 0.2) is 0 Å². The highest BCUT2D eigenvalue weighted by molar-refractivity contribution is 5.83. The summed E-state index contributed by atoms with van der Waals surface area (Å²) in [5, 5.41) is 6.50. The van der Waals surface area contributed by atoms with Gasteiger partial charge in [0.15, 0.2) is 0 Å². The smallest absolute Gasteiger partial charge is 0.228 e. The summed E-state index contributed by atoms with van der Waals surface area (Å²) in [7, 11) is 0. The molecule has 0 saturated carbocycles. The molecule has 2 aliphatic rings. The molecule has 2 fully saturated rings. The van der Waals surface area contributed by atoms with Crippen molar-refractivity contribution in [1.29, 1.82) is 0 Å². The first-order valence-electron chi connectivity index (χ1n) is 6.74. The number of amides is 1. The average Bonchev–Trinajstić information content (AvgIpc) is 2.80. The number of nitrogens with one attached hydrogen (secondary N) is 2. The molecule has 2 aliphatic heterocycles. The Morgan fingerprint density at radius 3 is 2.88 bits per heavy atom. The average molecular weight is 240 g/mol. The Kier molecular flexibility index (Phi) is 4.05. The fourth-order valence-electron chi connectivity index (χ4n) is 2.84. The van der Waals surface area contributed by atoms with E-state index in [1.54, 1.807) is 0 Å². The highest BCUT2D eigenvalue weighted by atomic mass is 16.5. The van der Waals surface area contributed by atoms with E-state index in [-0.39, 0.29) is 17.4 Å². The molecule has 0 spiro atoms. The summed E-state index contributed by atoms with van der Waals surface area (Å²) < 4.78 is 5.41. The van der Waals surface area contributed by atoms with Gasteiger partial charge in [0.1, 0.15) is 0 Å². The largest absolute Gasteiger partial charge is 0.379 e. The fraction of sp³-hybridized carbons (Fsp3) is 0.923. The van der Waals surface area contributed by atoms with E-state index >= 15 is 0 Å². The number of carbonyl (C=O) groups excluding carboxylic acids is 1. The minimum atomic E-state index is -0.211. The number of hydrogen-bond donors (Lipinski definition) is 2. The lowest BCUT2D eigenvalue weighted by atomic mass is 9.75. The second-order valence-corrected chi connectivity index (χ2v) is 5.63. The van der Waals surface area contributed by atoms with Crippen LogP contribution in [0.1, 0.15) is 33.1 Å². The molecule has 4 heteroatoms. The molecule has 98 valence electrons. The van der Waals surface area contributed by atoms with E-state index in [4.69, 9.17) is 4.74 Å². The molecule has 0 aliphatic carbocycles. The molecule has 0 aromatic heterocycles. The predicted molar refractivity (Wildman–Crippen MR) is 66.7 cm³/mol. The van der Waals surface area contributed by atoms with E-state index in [2.05, 4.69) is 24.5 Å². The molecular formula is C13H24N2O2. The van der Waals surface area contributed by atoms with Crippen LogP contribution in [-0.4, -0.2) is 38.3 Å². The topological polar surface area (TPSA) is 50.4 Å². The Morgan fingerprint density at radius 2 is 2.35 bits per heavy atom. The first-order valence-corrected chi connectivity index (χ1v) is 6.74. The third kappa shape index (κ3) is 2.63. The number of carbonyl (C=O) groups is 1. The van der Waals surface area contributed by atoms with Crippen LogP contribution in [0.3, 0.4) is 0 Å². The van der Waals surface area contributed by atoms with Crippen molar-refractivity contribution in [3.63, 3.8) is 0 Å². The molecule has 2 rings (SSSR count). The molecule has 17 heavy (non-hydrogen) atoms. The Labute approximate surface area is 103 Å². The molecule has 1 amide bonds. The van der Waals surface area contributed by atoms with Gasteiger partial charge in [0.2, 0.25) is 5.91 Å². The monoisotopic (exact) mass is 240 g/mol. The van der Waals surface area contributed by atoms with Crippen LogP contribution in [-0.2, 0) is 9.53 Å². The molecule has 4 nitrogen and oxygen atoms in total. The van der Waals surface area contributed by atoms with Gasteiger partial charge in [-0.1, -0.05) is 13.8 Å².